The Hall–Kier alpha value is 1.75. The first-order chi connectivity index (χ1) is 11.3. The molecular weight excluding hydrogens is 589 g/mol. The van der Waals surface area contributed by atoms with Crippen molar-refractivity contribution in [1.82, 2.24) is 0 Å². The molecule has 0 saturated carbocycles. The molecule has 2 unspecified atom stereocenters. The van der Waals surface area contributed by atoms with E-state index in [1.807, 2.05) is 6.92 Å². The molecule has 1 radical (unpaired) electrons. The molecule has 2 atom stereocenters. The molecule has 1 nitrogen and oxygen atoms in total. The van der Waals surface area contributed by atoms with Crippen LogP contribution in [0.5, 0.6) is 0 Å². The minimum absolute atomic E-state index is 0. The third-order valence-electron chi connectivity index (χ3n) is 5.14. The van der Waals surface area contributed by atoms with Crippen LogP contribution in [-0.4, -0.2) is 10.7 Å². The maximum atomic E-state index is 10.9. The van der Waals surface area contributed by atoms with Crippen LogP contribution in [0.2, 0.25) is 0 Å². The van der Waals surface area contributed by atoms with Gasteiger partial charge in [-0.05, 0) is 25.2 Å². The van der Waals surface area contributed by atoms with E-state index in [2.05, 4.69) is 89.5 Å². The normalized spacial score (nSPS) is 16.5. The summed E-state index contributed by atoms with van der Waals surface area (Å²) in [6.45, 7) is 32.0. The molecule has 0 aromatic rings. The van der Waals surface area contributed by atoms with Crippen molar-refractivity contribution in [3.8, 4) is 0 Å². The summed E-state index contributed by atoms with van der Waals surface area (Å²) >= 11 is 0. The van der Waals surface area contributed by atoms with E-state index >= 15 is 0 Å². The van der Waals surface area contributed by atoms with Gasteiger partial charge in [0.15, 0.2) is 0 Å². The average molecular weight is 640 g/mol. The summed E-state index contributed by atoms with van der Waals surface area (Å²) in [5.74, 6) is 0. The summed E-state index contributed by atoms with van der Waals surface area (Å²) in [5, 5.41) is 10.9. The predicted molar refractivity (Wildman–Crippen MR) is 120 cm³/mol. The molecule has 0 aliphatic heterocycles. The van der Waals surface area contributed by atoms with Crippen LogP contribution in [0, 0.1) is 41.9 Å². The topological polar surface area (TPSA) is 20.2 Å². The molecule has 0 spiro atoms. The molecule has 0 aromatic carbocycles. The summed E-state index contributed by atoms with van der Waals surface area (Å²) in [6.07, 6.45) is 8.24. The molecular formula is C25H51OWY-3. The van der Waals surface area contributed by atoms with Gasteiger partial charge in [-0.1, -0.05) is 87.0 Å². The van der Waals surface area contributed by atoms with Crippen LogP contribution in [-0.2, 0) is 53.8 Å². The second kappa shape index (κ2) is 14.7. The van der Waals surface area contributed by atoms with Gasteiger partial charge in [-0.3, -0.25) is 0 Å². The minimum atomic E-state index is -0.609. The molecule has 0 heterocycles. The Bertz CT molecular complexity index is 377. The molecule has 1 N–H and O–H groups in total. The van der Waals surface area contributed by atoms with E-state index in [0.717, 1.165) is 38.5 Å². The van der Waals surface area contributed by atoms with Gasteiger partial charge in [0, 0.05) is 53.8 Å². The molecule has 0 amide bonds. The first kappa shape index (κ1) is 37.1. The van der Waals surface area contributed by atoms with Crippen LogP contribution >= 0.6 is 0 Å². The predicted octanol–water partition coefficient (Wildman–Crippen LogP) is 8.08. The number of aliphatic hydroxyl groups is 1. The van der Waals surface area contributed by atoms with Gasteiger partial charge in [-0.25, -0.2) is 0 Å². The van der Waals surface area contributed by atoms with E-state index < -0.39 is 5.60 Å². The van der Waals surface area contributed by atoms with E-state index in [1.54, 1.807) is 0 Å². The Morgan fingerprint density at radius 3 is 1.39 bits per heavy atom. The summed E-state index contributed by atoms with van der Waals surface area (Å²) in [6, 6.07) is 0. The molecule has 0 aliphatic rings. The van der Waals surface area contributed by atoms with E-state index in [4.69, 9.17) is 0 Å². The van der Waals surface area contributed by atoms with Gasteiger partial charge in [0.05, 0.1) is 5.60 Å². The Morgan fingerprint density at radius 2 is 1.14 bits per heavy atom. The largest absolute Gasteiger partial charge is 0.390 e. The molecule has 0 aliphatic carbocycles. The van der Waals surface area contributed by atoms with Gasteiger partial charge in [0.25, 0.3) is 0 Å². The van der Waals surface area contributed by atoms with Crippen molar-refractivity contribution >= 4 is 0 Å². The van der Waals surface area contributed by atoms with Gasteiger partial charge in [0.1, 0.15) is 0 Å². The summed E-state index contributed by atoms with van der Waals surface area (Å²) in [4.78, 5) is 0. The van der Waals surface area contributed by atoms with Crippen molar-refractivity contribution in [1.29, 1.82) is 0 Å². The van der Waals surface area contributed by atoms with Crippen LogP contribution in [0.1, 0.15) is 115 Å². The van der Waals surface area contributed by atoms with Crippen molar-refractivity contribution < 1.29 is 58.9 Å². The van der Waals surface area contributed by atoms with Crippen LogP contribution in [0.25, 0.3) is 0 Å². The molecule has 0 aromatic heterocycles. The first-order valence-corrected chi connectivity index (χ1v) is 10.5. The fraction of sp³-hybridized carbons (Fsp3) is 0.880. The molecule has 0 saturated heterocycles. The Balaban J connectivity index is -0.000000312. The zero-order valence-electron chi connectivity index (χ0n) is 21.2. The zero-order chi connectivity index (χ0) is 21.4. The first-order valence-electron chi connectivity index (χ1n) is 10.5. The quantitative estimate of drug-likeness (QED) is 0.240. The monoisotopic (exact) mass is 640 g/mol. The third-order valence-corrected chi connectivity index (χ3v) is 5.14. The Kier molecular flexibility index (Phi) is 19.5. The van der Waals surface area contributed by atoms with Gasteiger partial charge in [0.2, 0.25) is 0 Å². The maximum absolute atomic E-state index is 10.9. The van der Waals surface area contributed by atoms with Crippen molar-refractivity contribution in [2.75, 3.05) is 0 Å². The standard InChI is InChI=1S/C19H38O.C6H13.W.Y/c1-10-12-17(6,7)14-19(9,20)15-18(8,11-2)13-16(3,4)5;1-5-6(2,3)4;;/h10,20H,3,11-15H2,1-2,4-9H3;2,5H2,1,3-4H3;;/q-2;-1;;. The van der Waals surface area contributed by atoms with E-state index in [1.165, 1.54) is 0 Å². The van der Waals surface area contributed by atoms with Crippen LogP contribution in [0.3, 0.4) is 0 Å². The smallest absolute Gasteiger partial charge is 0.0629 e. The van der Waals surface area contributed by atoms with Crippen molar-refractivity contribution in [2.45, 2.75) is 120 Å². The van der Waals surface area contributed by atoms with E-state index in [0.29, 0.717) is 5.41 Å². The summed E-state index contributed by atoms with van der Waals surface area (Å²) in [7, 11) is 0. The van der Waals surface area contributed by atoms with Gasteiger partial charge >= 0.3 is 0 Å². The maximum Gasteiger partial charge on any atom is 0.0629 e. The van der Waals surface area contributed by atoms with Gasteiger partial charge < -0.3 is 25.4 Å². The average Bonchev–Trinajstić information content (AvgIpc) is 2.33. The Morgan fingerprint density at radius 1 is 0.750 bits per heavy atom. The number of rotatable bonds is 10. The van der Waals surface area contributed by atoms with Gasteiger partial charge in [-0.15, -0.1) is 0 Å². The van der Waals surface area contributed by atoms with Crippen molar-refractivity contribution in [2.24, 2.45) is 21.7 Å². The van der Waals surface area contributed by atoms with E-state index in [9.17, 15) is 5.11 Å². The van der Waals surface area contributed by atoms with E-state index in [-0.39, 0.29) is 70.0 Å². The SMILES string of the molecule is [CH2-]C(C)(C)CC.[CH2-]C(C)(C)CC(C)(CC)CC(C)(O)CC(C)(C)C[CH-]C.[W].[Y]. The van der Waals surface area contributed by atoms with Crippen molar-refractivity contribution in [3.05, 3.63) is 20.3 Å². The second-order valence-electron chi connectivity index (χ2n) is 11.7. The van der Waals surface area contributed by atoms with Crippen LogP contribution in [0.4, 0.5) is 0 Å². The molecule has 0 rings (SSSR count). The number of hydrogen-bond acceptors (Lipinski definition) is 1. The summed E-state index contributed by atoms with van der Waals surface area (Å²) in [5.41, 5.74) is 0.0592. The molecule has 169 valence electrons. The second-order valence-corrected chi connectivity index (χ2v) is 11.7. The zero-order valence-corrected chi connectivity index (χ0v) is 26.9. The minimum Gasteiger partial charge on any atom is -0.390 e. The molecule has 3 heteroatoms. The molecule has 0 fully saturated rings. The molecule has 0 bridgehead atoms. The fourth-order valence-electron chi connectivity index (χ4n) is 4.11. The molecule has 28 heavy (non-hydrogen) atoms. The number of hydrogen-bond donors (Lipinski definition) is 1. The van der Waals surface area contributed by atoms with Crippen LogP contribution < -0.4 is 0 Å². The third kappa shape index (κ3) is 22.4. The van der Waals surface area contributed by atoms with Crippen LogP contribution in [0.15, 0.2) is 0 Å². The fourth-order valence-corrected chi connectivity index (χ4v) is 4.11. The Labute approximate surface area is 219 Å². The van der Waals surface area contributed by atoms with Crippen molar-refractivity contribution in [3.63, 3.8) is 0 Å². The summed E-state index contributed by atoms with van der Waals surface area (Å²) < 4.78 is 0. The van der Waals surface area contributed by atoms with Gasteiger partial charge in [-0.2, -0.15) is 24.2 Å².